The van der Waals surface area contributed by atoms with Gasteiger partial charge in [-0.3, -0.25) is 0 Å². The summed E-state index contributed by atoms with van der Waals surface area (Å²) < 4.78 is 0. The van der Waals surface area contributed by atoms with E-state index in [1.807, 2.05) is 0 Å². The molecule has 4 aliphatic rings. The molecule has 0 aromatic carbocycles. The Morgan fingerprint density at radius 1 is 0.500 bits per heavy atom. The van der Waals surface area contributed by atoms with Gasteiger partial charge in [0.05, 0.1) is 0 Å². The molecule has 4 atom stereocenters. The van der Waals surface area contributed by atoms with Crippen molar-refractivity contribution in [2.45, 2.75) is 38.5 Å². The Bertz CT molecular complexity index is 174. The molecule has 2 aliphatic carbocycles. The van der Waals surface area contributed by atoms with Gasteiger partial charge in [-0.05, 0) is 75.5 Å². The fourth-order valence-corrected chi connectivity index (χ4v) is 4.21. The number of nitrogens with one attached hydrogen (secondary N) is 2. The largest absolute Gasteiger partial charge is 0.316 e. The maximum absolute atomic E-state index is 3.42. The van der Waals surface area contributed by atoms with E-state index in [-0.39, 0.29) is 24.8 Å². The maximum Gasteiger partial charge on any atom is -0.00173 e. The zero-order chi connectivity index (χ0) is 10.8. The van der Waals surface area contributed by atoms with Gasteiger partial charge in [-0.25, -0.2) is 0 Å². The van der Waals surface area contributed by atoms with Crippen LogP contribution in [0.2, 0.25) is 0 Å². The molecule has 2 heterocycles. The molecule has 0 unspecified atom stereocenters. The molecule has 0 aromatic heterocycles. The first-order chi connectivity index (χ1) is 7.93. The van der Waals surface area contributed by atoms with Crippen LogP contribution in [-0.4, -0.2) is 26.2 Å². The quantitative estimate of drug-likeness (QED) is 0.718. The van der Waals surface area contributed by atoms with Gasteiger partial charge < -0.3 is 10.6 Å². The first-order valence-corrected chi connectivity index (χ1v) is 7.35. The van der Waals surface area contributed by atoms with Gasteiger partial charge in [-0.15, -0.1) is 24.8 Å². The number of rotatable bonds is 0. The lowest BCUT2D eigenvalue weighted by molar-refractivity contribution is 0.494. The van der Waals surface area contributed by atoms with Gasteiger partial charge in [-0.2, -0.15) is 0 Å². The SMILES string of the molecule is C1C[C@@H]2CNC[C@@H]2C1.C1C[C@@H]2CNC[C@@H]2C1.Cl.Cl. The summed E-state index contributed by atoms with van der Waals surface area (Å²) in [5.41, 5.74) is 0. The first-order valence-electron chi connectivity index (χ1n) is 7.35. The van der Waals surface area contributed by atoms with Crippen LogP contribution in [0.1, 0.15) is 38.5 Å². The van der Waals surface area contributed by atoms with E-state index in [1.165, 1.54) is 64.7 Å². The van der Waals surface area contributed by atoms with E-state index in [0.717, 1.165) is 23.7 Å². The summed E-state index contributed by atoms with van der Waals surface area (Å²) in [7, 11) is 0. The summed E-state index contributed by atoms with van der Waals surface area (Å²) in [4.78, 5) is 0. The molecule has 108 valence electrons. The molecule has 4 rings (SSSR count). The second kappa shape index (κ2) is 7.94. The molecule has 18 heavy (non-hydrogen) atoms. The third-order valence-corrected chi connectivity index (χ3v) is 5.26. The Morgan fingerprint density at radius 2 is 0.778 bits per heavy atom. The minimum Gasteiger partial charge on any atom is -0.316 e. The number of fused-ring (bicyclic) bond motifs is 2. The molecular formula is C14H28Cl2N2. The molecule has 4 fully saturated rings. The van der Waals surface area contributed by atoms with E-state index >= 15 is 0 Å². The van der Waals surface area contributed by atoms with Gasteiger partial charge in [0.1, 0.15) is 0 Å². The molecule has 0 spiro atoms. The van der Waals surface area contributed by atoms with Crippen LogP contribution in [0.4, 0.5) is 0 Å². The van der Waals surface area contributed by atoms with Crippen molar-refractivity contribution in [2.75, 3.05) is 26.2 Å². The smallest absolute Gasteiger partial charge is 0.00173 e. The normalized spacial score (nSPS) is 40.0. The number of halogens is 2. The maximum atomic E-state index is 3.42. The first kappa shape index (κ1) is 16.6. The molecule has 0 amide bonds. The zero-order valence-electron chi connectivity index (χ0n) is 11.2. The van der Waals surface area contributed by atoms with Crippen LogP contribution >= 0.6 is 24.8 Å². The van der Waals surface area contributed by atoms with Crippen molar-refractivity contribution in [3.8, 4) is 0 Å². The van der Waals surface area contributed by atoms with Crippen LogP contribution in [0.5, 0.6) is 0 Å². The van der Waals surface area contributed by atoms with Crippen molar-refractivity contribution < 1.29 is 0 Å². The molecule has 0 radical (unpaired) electrons. The van der Waals surface area contributed by atoms with E-state index in [4.69, 9.17) is 0 Å². The summed E-state index contributed by atoms with van der Waals surface area (Å²) in [6.07, 6.45) is 8.98. The van der Waals surface area contributed by atoms with E-state index < -0.39 is 0 Å². The highest BCUT2D eigenvalue weighted by Gasteiger charge is 2.31. The second-order valence-electron chi connectivity index (χ2n) is 6.22. The summed E-state index contributed by atoms with van der Waals surface area (Å²) in [6.45, 7) is 5.24. The summed E-state index contributed by atoms with van der Waals surface area (Å²) >= 11 is 0. The van der Waals surface area contributed by atoms with Crippen molar-refractivity contribution in [1.29, 1.82) is 0 Å². The van der Waals surface area contributed by atoms with Crippen LogP contribution in [0.25, 0.3) is 0 Å². The third-order valence-electron chi connectivity index (χ3n) is 5.26. The van der Waals surface area contributed by atoms with E-state index in [2.05, 4.69) is 10.6 Å². The highest BCUT2D eigenvalue weighted by Crippen LogP contribution is 2.34. The molecular weight excluding hydrogens is 267 g/mol. The molecule has 4 heteroatoms. The van der Waals surface area contributed by atoms with Gasteiger partial charge in [-0.1, -0.05) is 12.8 Å². The molecule has 2 nitrogen and oxygen atoms in total. The molecule has 2 saturated carbocycles. The summed E-state index contributed by atoms with van der Waals surface area (Å²) in [5.74, 6) is 4.26. The number of hydrogen-bond donors (Lipinski definition) is 2. The lowest BCUT2D eigenvalue weighted by atomic mass is 10.0. The standard InChI is InChI=1S/2C7H13N.2ClH/c2*1-2-6-4-8-5-7(6)3-1;;/h2*6-8H,1-5H2;2*1H/t2*6-,7+;;. The van der Waals surface area contributed by atoms with Crippen LogP contribution in [0.15, 0.2) is 0 Å². The van der Waals surface area contributed by atoms with Gasteiger partial charge >= 0.3 is 0 Å². The van der Waals surface area contributed by atoms with E-state index in [9.17, 15) is 0 Å². The van der Waals surface area contributed by atoms with Crippen molar-refractivity contribution in [1.82, 2.24) is 10.6 Å². The summed E-state index contributed by atoms with van der Waals surface area (Å²) in [6, 6.07) is 0. The van der Waals surface area contributed by atoms with Crippen LogP contribution in [-0.2, 0) is 0 Å². The topological polar surface area (TPSA) is 24.1 Å². The molecule has 0 aromatic rings. The average Bonchev–Trinajstić information content (AvgIpc) is 2.99. The highest BCUT2D eigenvalue weighted by molar-refractivity contribution is 5.85. The molecule has 2 saturated heterocycles. The summed E-state index contributed by atoms with van der Waals surface area (Å²) in [5, 5.41) is 6.85. The highest BCUT2D eigenvalue weighted by atomic mass is 35.5. The second-order valence-corrected chi connectivity index (χ2v) is 6.22. The van der Waals surface area contributed by atoms with Crippen molar-refractivity contribution in [3.05, 3.63) is 0 Å². The molecule has 0 bridgehead atoms. The lowest BCUT2D eigenvalue weighted by Crippen LogP contribution is -2.08. The van der Waals surface area contributed by atoms with Crippen molar-refractivity contribution in [2.24, 2.45) is 23.7 Å². The predicted molar refractivity (Wildman–Crippen MR) is 81.9 cm³/mol. The lowest BCUT2D eigenvalue weighted by Gasteiger charge is -2.02. The minimum atomic E-state index is 0. The Hall–Kier alpha value is 0.500. The molecule has 2 aliphatic heterocycles. The third kappa shape index (κ3) is 3.75. The Labute approximate surface area is 124 Å². The monoisotopic (exact) mass is 294 g/mol. The predicted octanol–water partition coefficient (Wildman–Crippen LogP) is 2.86. The average molecular weight is 295 g/mol. The van der Waals surface area contributed by atoms with E-state index in [0.29, 0.717) is 0 Å². The zero-order valence-corrected chi connectivity index (χ0v) is 12.8. The van der Waals surface area contributed by atoms with Crippen LogP contribution in [0.3, 0.4) is 0 Å². The number of hydrogen-bond acceptors (Lipinski definition) is 2. The Balaban J connectivity index is 0.000000162. The van der Waals surface area contributed by atoms with Crippen LogP contribution < -0.4 is 10.6 Å². The van der Waals surface area contributed by atoms with Gasteiger partial charge in [0, 0.05) is 0 Å². The van der Waals surface area contributed by atoms with Gasteiger partial charge in [0.2, 0.25) is 0 Å². The fraction of sp³-hybridized carbons (Fsp3) is 1.00. The van der Waals surface area contributed by atoms with Crippen molar-refractivity contribution in [3.63, 3.8) is 0 Å². The van der Waals surface area contributed by atoms with Gasteiger partial charge in [0.15, 0.2) is 0 Å². The fourth-order valence-electron chi connectivity index (χ4n) is 4.21. The van der Waals surface area contributed by atoms with Crippen molar-refractivity contribution >= 4 is 24.8 Å². The van der Waals surface area contributed by atoms with E-state index in [1.54, 1.807) is 0 Å². The van der Waals surface area contributed by atoms with Crippen LogP contribution in [0, 0.1) is 23.7 Å². The Kier molecular flexibility index (Phi) is 7.30. The Morgan fingerprint density at radius 3 is 1.06 bits per heavy atom. The minimum absolute atomic E-state index is 0. The van der Waals surface area contributed by atoms with Gasteiger partial charge in [0.25, 0.3) is 0 Å². The molecule has 2 N–H and O–H groups in total.